The second-order valence-corrected chi connectivity index (χ2v) is 5.99. The summed E-state index contributed by atoms with van der Waals surface area (Å²) in [7, 11) is 0. The SMILES string of the molecule is Clc1ccc(COCCC2CCCCN2)s1. The van der Waals surface area contributed by atoms with E-state index in [0.29, 0.717) is 12.6 Å². The fourth-order valence-electron chi connectivity index (χ4n) is 2.00. The van der Waals surface area contributed by atoms with Crippen molar-refractivity contribution in [2.75, 3.05) is 13.2 Å². The van der Waals surface area contributed by atoms with E-state index in [1.165, 1.54) is 30.7 Å². The third kappa shape index (κ3) is 4.06. The third-order valence-corrected chi connectivity index (χ3v) is 4.10. The van der Waals surface area contributed by atoms with Crippen molar-refractivity contribution in [1.29, 1.82) is 0 Å². The average molecular weight is 260 g/mol. The van der Waals surface area contributed by atoms with Crippen molar-refractivity contribution >= 4 is 22.9 Å². The Kier molecular flexibility index (Phi) is 5.10. The Morgan fingerprint density at radius 3 is 3.06 bits per heavy atom. The van der Waals surface area contributed by atoms with Crippen LogP contribution in [0.3, 0.4) is 0 Å². The van der Waals surface area contributed by atoms with Gasteiger partial charge in [-0.25, -0.2) is 0 Å². The molecule has 1 atom stereocenters. The smallest absolute Gasteiger partial charge is 0.0932 e. The summed E-state index contributed by atoms with van der Waals surface area (Å²) in [6, 6.07) is 4.63. The highest BCUT2D eigenvalue weighted by molar-refractivity contribution is 7.16. The molecule has 0 radical (unpaired) electrons. The van der Waals surface area contributed by atoms with Crippen LogP contribution >= 0.6 is 22.9 Å². The highest BCUT2D eigenvalue weighted by Gasteiger charge is 2.11. The number of nitrogens with one attached hydrogen (secondary N) is 1. The van der Waals surface area contributed by atoms with Crippen molar-refractivity contribution in [2.24, 2.45) is 0 Å². The summed E-state index contributed by atoms with van der Waals surface area (Å²) in [5, 5.41) is 3.52. The Bertz CT molecular complexity index is 310. The number of ether oxygens (including phenoxy) is 1. The summed E-state index contributed by atoms with van der Waals surface area (Å²) < 4.78 is 6.49. The minimum absolute atomic E-state index is 0.667. The van der Waals surface area contributed by atoms with Gasteiger partial charge in [-0.15, -0.1) is 11.3 Å². The number of hydrogen-bond acceptors (Lipinski definition) is 3. The fraction of sp³-hybridized carbons (Fsp3) is 0.667. The highest BCUT2D eigenvalue weighted by Crippen LogP contribution is 2.22. The molecule has 0 aliphatic carbocycles. The van der Waals surface area contributed by atoms with Crippen LogP contribution in [-0.4, -0.2) is 19.2 Å². The number of hydrogen-bond donors (Lipinski definition) is 1. The van der Waals surface area contributed by atoms with Crippen LogP contribution in [0.2, 0.25) is 4.34 Å². The lowest BCUT2D eigenvalue weighted by molar-refractivity contribution is 0.110. The molecule has 1 aromatic rings. The van der Waals surface area contributed by atoms with Gasteiger partial charge >= 0.3 is 0 Å². The molecule has 1 unspecified atom stereocenters. The molecule has 2 nitrogen and oxygen atoms in total. The fourth-order valence-corrected chi connectivity index (χ4v) is 3.02. The first-order valence-corrected chi connectivity index (χ1v) is 7.09. The minimum Gasteiger partial charge on any atom is -0.376 e. The van der Waals surface area contributed by atoms with Crippen LogP contribution in [0.4, 0.5) is 0 Å². The summed E-state index contributed by atoms with van der Waals surface area (Å²) in [5.41, 5.74) is 0. The number of rotatable bonds is 5. The quantitative estimate of drug-likeness (QED) is 0.818. The first-order chi connectivity index (χ1) is 7.84. The van der Waals surface area contributed by atoms with Gasteiger partial charge in [0.15, 0.2) is 0 Å². The van der Waals surface area contributed by atoms with E-state index >= 15 is 0 Å². The summed E-state index contributed by atoms with van der Waals surface area (Å²) in [6.07, 6.45) is 5.11. The molecule has 0 aromatic carbocycles. The largest absolute Gasteiger partial charge is 0.376 e. The van der Waals surface area contributed by atoms with Crippen LogP contribution < -0.4 is 5.32 Å². The van der Waals surface area contributed by atoms with Crippen molar-refractivity contribution in [3.63, 3.8) is 0 Å². The van der Waals surface area contributed by atoms with Crippen molar-refractivity contribution in [3.8, 4) is 0 Å². The molecular formula is C12H18ClNOS. The molecule has 1 fully saturated rings. The van der Waals surface area contributed by atoms with Gasteiger partial charge in [0.1, 0.15) is 0 Å². The van der Waals surface area contributed by atoms with E-state index < -0.39 is 0 Å². The van der Waals surface area contributed by atoms with Crippen LogP contribution in [0.5, 0.6) is 0 Å². The topological polar surface area (TPSA) is 21.3 Å². The Labute approximate surface area is 106 Å². The lowest BCUT2D eigenvalue weighted by atomic mass is 10.0. The van der Waals surface area contributed by atoms with Crippen LogP contribution in [0.25, 0.3) is 0 Å². The van der Waals surface area contributed by atoms with Crippen molar-refractivity contribution in [3.05, 3.63) is 21.3 Å². The Balaban J connectivity index is 1.57. The van der Waals surface area contributed by atoms with Crippen LogP contribution in [0.1, 0.15) is 30.6 Å². The average Bonchev–Trinajstić information content (AvgIpc) is 2.72. The van der Waals surface area contributed by atoms with Gasteiger partial charge in [0.05, 0.1) is 10.9 Å². The molecule has 1 aliphatic heterocycles. The molecule has 0 bridgehead atoms. The predicted molar refractivity (Wildman–Crippen MR) is 69.2 cm³/mol. The standard InChI is InChI=1S/C12H18ClNOS/c13-12-5-4-11(16-12)9-15-8-6-10-3-1-2-7-14-10/h4-5,10,14H,1-3,6-9H2. The molecule has 1 aromatic heterocycles. The first kappa shape index (κ1) is 12.4. The molecule has 1 N–H and O–H groups in total. The van der Waals surface area contributed by atoms with E-state index in [2.05, 4.69) is 5.32 Å². The van der Waals surface area contributed by atoms with Crippen LogP contribution in [0, 0.1) is 0 Å². The van der Waals surface area contributed by atoms with Gasteiger partial charge in [-0.2, -0.15) is 0 Å². The normalized spacial score (nSPS) is 21.2. The molecular weight excluding hydrogens is 242 g/mol. The third-order valence-electron chi connectivity index (χ3n) is 2.90. The summed E-state index contributed by atoms with van der Waals surface area (Å²) in [4.78, 5) is 1.21. The van der Waals surface area contributed by atoms with E-state index in [0.717, 1.165) is 17.4 Å². The monoisotopic (exact) mass is 259 g/mol. The van der Waals surface area contributed by atoms with Gasteiger partial charge in [0, 0.05) is 17.5 Å². The lowest BCUT2D eigenvalue weighted by Gasteiger charge is -2.23. The van der Waals surface area contributed by atoms with Gasteiger partial charge < -0.3 is 10.1 Å². The zero-order chi connectivity index (χ0) is 11.2. The highest BCUT2D eigenvalue weighted by atomic mass is 35.5. The van der Waals surface area contributed by atoms with E-state index in [9.17, 15) is 0 Å². The Morgan fingerprint density at radius 2 is 2.38 bits per heavy atom. The molecule has 1 aliphatic rings. The molecule has 90 valence electrons. The van der Waals surface area contributed by atoms with Gasteiger partial charge in [0.2, 0.25) is 0 Å². The van der Waals surface area contributed by atoms with E-state index in [1.54, 1.807) is 11.3 Å². The second-order valence-electron chi connectivity index (χ2n) is 4.19. The maximum Gasteiger partial charge on any atom is 0.0932 e. The zero-order valence-corrected chi connectivity index (χ0v) is 10.9. The summed E-state index contributed by atoms with van der Waals surface area (Å²) >= 11 is 7.45. The van der Waals surface area contributed by atoms with Crippen LogP contribution in [0.15, 0.2) is 12.1 Å². The van der Waals surface area contributed by atoms with E-state index in [1.807, 2.05) is 12.1 Å². The van der Waals surface area contributed by atoms with Gasteiger partial charge in [-0.3, -0.25) is 0 Å². The van der Waals surface area contributed by atoms with Gasteiger partial charge in [-0.1, -0.05) is 18.0 Å². The molecule has 16 heavy (non-hydrogen) atoms. The Morgan fingerprint density at radius 1 is 1.44 bits per heavy atom. The van der Waals surface area contributed by atoms with Crippen molar-refractivity contribution in [2.45, 2.75) is 38.3 Å². The maximum atomic E-state index is 5.85. The lowest BCUT2D eigenvalue weighted by Crippen LogP contribution is -2.34. The van der Waals surface area contributed by atoms with E-state index in [-0.39, 0.29) is 0 Å². The first-order valence-electron chi connectivity index (χ1n) is 5.90. The molecule has 2 rings (SSSR count). The number of halogens is 1. The molecule has 2 heterocycles. The summed E-state index contributed by atoms with van der Waals surface area (Å²) in [5.74, 6) is 0. The predicted octanol–water partition coefficient (Wildman–Crippen LogP) is 3.45. The molecule has 0 spiro atoms. The van der Waals surface area contributed by atoms with Crippen molar-refractivity contribution < 1.29 is 4.74 Å². The molecule has 0 amide bonds. The van der Waals surface area contributed by atoms with Crippen molar-refractivity contribution in [1.82, 2.24) is 5.32 Å². The Hall–Kier alpha value is -0.0900. The zero-order valence-electron chi connectivity index (χ0n) is 9.38. The second kappa shape index (κ2) is 6.60. The molecule has 1 saturated heterocycles. The van der Waals surface area contributed by atoms with Gasteiger partial charge in [-0.05, 0) is 37.9 Å². The van der Waals surface area contributed by atoms with Crippen LogP contribution in [-0.2, 0) is 11.3 Å². The summed E-state index contributed by atoms with van der Waals surface area (Å²) in [6.45, 7) is 2.71. The number of piperidine rings is 1. The molecule has 4 heteroatoms. The number of thiophene rings is 1. The minimum atomic E-state index is 0.667. The van der Waals surface area contributed by atoms with E-state index in [4.69, 9.17) is 16.3 Å². The van der Waals surface area contributed by atoms with Gasteiger partial charge in [0.25, 0.3) is 0 Å². The maximum absolute atomic E-state index is 5.85. The molecule has 0 saturated carbocycles.